The van der Waals surface area contributed by atoms with Gasteiger partial charge in [-0.2, -0.15) is 4.98 Å². The number of nitrogens with one attached hydrogen (secondary N) is 1. The largest absolute Gasteiger partial charge is 0.438 e. The highest BCUT2D eigenvalue weighted by molar-refractivity contribution is 5.49. The van der Waals surface area contributed by atoms with Crippen molar-refractivity contribution in [3.63, 3.8) is 0 Å². The molecule has 0 amide bonds. The number of hydrogen-bond donors (Lipinski definition) is 1. The van der Waals surface area contributed by atoms with Crippen molar-refractivity contribution in [2.45, 2.75) is 27.2 Å². The Bertz CT molecular complexity index is 647. The van der Waals surface area contributed by atoms with Crippen LogP contribution in [0.1, 0.15) is 25.2 Å². The van der Waals surface area contributed by atoms with E-state index in [1.807, 2.05) is 20.8 Å². The molecule has 6 heteroatoms. The molecular formula is C15H17F2N3O. The number of aryl methyl sites for hydroxylation is 1. The lowest BCUT2D eigenvalue weighted by Crippen LogP contribution is -2.07. The van der Waals surface area contributed by atoms with Crippen LogP contribution < -0.4 is 10.1 Å². The van der Waals surface area contributed by atoms with Gasteiger partial charge in [0, 0.05) is 19.0 Å². The summed E-state index contributed by atoms with van der Waals surface area (Å²) in [4.78, 5) is 8.67. The highest BCUT2D eigenvalue weighted by atomic mass is 19.2. The highest BCUT2D eigenvalue weighted by Gasteiger charge is 2.13. The Morgan fingerprint density at radius 1 is 1.14 bits per heavy atom. The number of halogens is 2. The maximum atomic E-state index is 13.2. The van der Waals surface area contributed by atoms with Gasteiger partial charge in [-0.05, 0) is 26.0 Å². The average Bonchev–Trinajstić information content (AvgIpc) is 2.47. The minimum absolute atomic E-state index is 0.195. The van der Waals surface area contributed by atoms with Crippen LogP contribution in [-0.2, 0) is 6.42 Å². The first-order valence-electron chi connectivity index (χ1n) is 6.79. The van der Waals surface area contributed by atoms with E-state index in [0.29, 0.717) is 30.5 Å². The van der Waals surface area contributed by atoms with Crippen LogP contribution in [0.3, 0.4) is 0 Å². The summed E-state index contributed by atoms with van der Waals surface area (Å²) in [7, 11) is 0. The van der Waals surface area contributed by atoms with E-state index in [9.17, 15) is 8.78 Å². The topological polar surface area (TPSA) is 47.0 Å². The van der Waals surface area contributed by atoms with Gasteiger partial charge in [-0.25, -0.2) is 13.8 Å². The Labute approximate surface area is 122 Å². The Balaban J connectivity index is 2.37. The number of aromatic nitrogens is 2. The van der Waals surface area contributed by atoms with Crippen molar-refractivity contribution in [3.8, 4) is 11.6 Å². The van der Waals surface area contributed by atoms with Gasteiger partial charge in [0.1, 0.15) is 17.4 Å². The van der Waals surface area contributed by atoms with Crippen molar-refractivity contribution in [2.75, 3.05) is 11.9 Å². The molecule has 1 aromatic heterocycles. The molecule has 2 aromatic rings. The molecule has 0 aliphatic carbocycles. The predicted molar refractivity (Wildman–Crippen MR) is 76.7 cm³/mol. The maximum Gasteiger partial charge on any atom is 0.227 e. The number of hydrogen-bond acceptors (Lipinski definition) is 4. The zero-order valence-corrected chi connectivity index (χ0v) is 12.2. The second-order valence-corrected chi connectivity index (χ2v) is 4.48. The second-order valence-electron chi connectivity index (χ2n) is 4.48. The molecule has 0 bridgehead atoms. The SMILES string of the molecule is CCNc1nc(CC)nc(Oc2ccc(F)c(F)c2)c1C. The molecule has 0 fully saturated rings. The third-order valence-electron chi connectivity index (χ3n) is 2.91. The Morgan fingerprint density at radius 3 is 2.52 bits per heavy atom. The lowest BCUT2D eigenvalue weighted by Gasteiger charge is -2.13. The molecule has 1 aromatic carbocycles. The van der Waals surface area contributed by atoms with Crippen LogP contribution in [0.15, 0.2) is 18.2 Å². The van der Waals surface area contributed by atoms with Crippen molar-refractivity contribution in [1.29, 1.82) is 0 Å². The van der Waals surface area contributed by atoms with Crippen LogP contribution >= 0.6 is 0 Å². The van der Waals surface area contributed by atoms with Gasteiger partial charge in [0.05, 0.1) is 5.56 Å². The van der Waals surface area contributed by atoms with Gasteiger partial charge in [-0.1, -0.05) is 6.92 Å². The molecule has 0 radical (unpaired) electrons. The molecule has 1 heterocycles. The summed E-state index contributed by atoms with van der Waals surface area (Å²) in [6.07, 6.45) is 0.646. The predicted octanol–water partition coefficient (Wildman–Crippen LogP) is 3.85. The van der Waals surface area contributed by atoms with E-state index >= 15 is 0 Å². The number of ether oxygens (including phenoxy) is 1. The molecule has 0 saturated carbocycles. The zero-order chi connectivity index (χ0) is 15.4. The summed E-state index contributed by atoms with van der Waals surface area (Å²) in [5.74, 6) is -0.0359. The van der Waals surface area contributed by atoms with Crippen LogP contribution in [0.2, 0.25) is 0 Å². The molecule has 1 N–H and O–H groups in total. The first kappa shape index (κ1) is 15.2. The number of benzene rings is 1. The van der Waals surface area contributed by atoms with Gasteiger partial charge in [0.25, 0.3) is 0 Å². The van der Waals surface area contributed by atoms with Gasteiger partial charge >= 0.3 is 0 Å². The minimum Gasteiger partial charge on any atom is -0.438 e. The molecule has 0 saturated heterocycles. The molecule has 0 atom stereocenters. The third kappa shape index (κ3) is 3.45. The van der Waals surface area contributed by atoms with Gasteiger partial charge < -0.3 is 10.1 Å². The summed E-state index contributed by atoms with van der Waals surface area (Å²) in [5, 5.41) is 3.13. The fraction of sp³-hybridized carbons (Fsp3) is 0.333. The highest BCUT2D eigenvalue weighted by Crippen LogP contribution is 2.28. The van der Waals surface area contributed by atoms with E-state index in [1.54, 1.807) is 0 Å². The second kappa shape index (κ2) is 6.47. The number of rotatable bonds is 5. The average molecular weight is 293 g/mol. The number of nitrogens with zero attached hydrogens (tertiary/aromatic N) is 2. The summed E-state index contributed by atoms with van der Waals surface area (Å²) in [6.45, 7) is 6.42. The quantitative estimate of drug-likeness (QED) is 0.909. The van der Waals surface area contributed by atoms with Crippen LogP contribution in [0.25, 0.3) is 0 Å². The van der Waals surface area contributed by atoms with Crippen LogP contribution in [0.4, 0.5) is 14.6 Å². The summed E-state index contributed by atoms with van der Waals surface area (Å²) in [6, 6.07) is 3.38. The van der Waals surface area contributed by atoms with Crippen molar-refractivity contribution >= 4 is 5.82 Å². The third-order valence-corrected chi connectivity index (χ3v) is 2.91. The lowest BCUT2D eigenvalue weighted by atomic mass is 10.3. The molecule has 0 aliphatic rings. The molecule has 0 spiro atoms. The first-order chi connectivity index (χ1) is 10.0. The lowest BCUT2D eigenvalue weighted by molar-refractivity contribution is 0.441. The summed E-state index contributed by atoms with van der Waals surface area (Å²) >= 11 is 0. The first-order valence-corrected chi connectivity index (χ1v) is 6.79. The Hall–Kier alpha value is -2.24. The van der Waals surface area contributed by atoms with Gasteiger partial charge in [-0.15, -0.1) is 0 Å². The van der Waals surface area contributed by atoms with E-state index in [4.69, 9.17) is 4.74 Å². The van der Waals surface area contributed by atoms with Crippen molar-refractivity contribution in [3.05, 3.63) is 41.2 Å². The van der Waals surface area contributed by atoms with Gasteiger partial charge in [-0.3, -0.25) is 0 Å². The minimum atomic E-state index is -0.957. The number of anilines is 1. The smallest absolute Gasteiger partial charge is 0.227 e. The van der Waals surface area contributed by atoms with E-state index in [-0.39, 0.29) is 5.75 Å². The van der Waals surface area contributed by atoms with Crippen LogP contribution in [-0.4, -0.2) is 16.5 Å². The van der Waals surface area contributed by atoms with Crippen LogP contribution in [0.5, 0.6) is 11.6 Å². The van der Waals surface area contributed by atoms with E-state index in [1.165, 1.54) is 6.07 Å². The standard InChI is InChI=1S/C15H17F2N3O/c1-4-13-19-14(18-5-2)9(3)15(20-13)21-10-6-7-11(16)12(17)8-10/h6-8H,4-5H2,1-3H3,(H,18,19,20). The monoisotopic (exact) mass is 293 g/mol. The molecular weight excluding hydrogens is 276 g/mol. The Kier molecular flexibility index (Phi) is 4.67. The van der Waals surface area contributed by atoms with E-state index < -0.39 is 11.6 Å². The molecule has 0 aliphatic heterocycles. The van der Waals surface area contributed by atoms with Crippen LogP contribution in [0, 0.1) is 18.6 Å². The van der Waals surface area contributed by atoms with E-state index in [0.717, 1.165) is 17.7 Å². The molecule has 4 nitrogen and oxygen atoms in total. The molecule has 0 unspecified atom stereocenters. The van der Waals surface area contributed by atoms with Crippen molar-refractivity contribution in [1.82, 2.24) is 9.97 Å². The van der Waals surface area contributed by atoms with Gasteiger partial charge in [0.15, 0.2) is 11.6 Å². The normalized spacial score (nSPS) is 10.5. The molecule has 2 rings (SSSR count). The maximum absolute atomic E-state index is 13.2. The van der Waals surface area contributed by atoms with Crippen molar-refractivity contribution in [2.24, 2.45) is 0 Å². The molecule has 21 heavy (non-hydrogen) atoms. The van der Waals surface area contributed by atoms with Gasteiger partial charge in [0.2, 0.25) is 5.88 Å². The van der Waals surface area contributed by atoms with E-state index in [2.05, 4.69) is 15.3 Å². The van der Waals surface area contributed by atoms with Crippen molar-refractivity contribution < 1.29 is 13.5 Å². The fourth-order valence-corrected chi connectivity index (χ4v) is 1.79. The fourth-order valence-electron chi connectivity index (χ4n) is 1.79. The zero-order valence-electron chi connectivity index (χ0n) is 12.2. The Morgan fingerprint density at radius 2 is 1.90 bits per heavy atom. The molecule has 112 valence electrons. The summed E-state index contributed by atoms with van der Waals surface area (Å²) in [5.41, 5.74) is 0.721. The summed E-state index contributed by atoms with van der Waals surface area (Å²) < 4.78 is 31.7.